The molecule has 0 bridgehead atoms. The highest BCUT2D eigenvalue weighted by molar-refractivity contribution is 5.28. The molecular weight excluding hydrogens is 200 g/mol. The van der Waals surface area contributed by atoms with Gasteiger partial charge in [-0.05, 0) is 31.0 Å². The molecule has 0 spiro atoms. The van der Waals surface area contributed by atoms with Gasteiger partial charge in [-0.3, -0.25) is 0 Å². The standard InChI is InChI=1S/C14H22O2/c1-4-5-6-11-16-14-9-7-13(8-10-14)12(2)15-3/h7-10,12H,4-6,11H2,1-3H3. The quantitative estimate of drug-likeness (QED) is 0.650. The van der Waals surface area contributed by atoms with Crippen LogP contribution in [0.2, 0.25) is 0 Å². The molecule has 1 aromatic rings. The van der Waals surface area contributed by atoms with Gasteiger partial charge in [-0.2, -0.15) is 0 Å². The molecule has 1 aromatic carbocycles. The molecule has 90 valence electrons. The van der Waals surface area contributed by atoms with Crippen LogP contribution < -0.4 is 4.74 Å². The minimum Gasteiger partial charge on any atom is -0.494 e. The maximum atomic E-state index is 5.64. The minimum atomic E-state index is 0.147. The summed E-state index contributed by atoms with van der Waals surface area (Å²) in [5.74, 6) is 0.947. The Hall–Kier alpha value is -1.02. The second-order valence-electron chi connectivity index (χ2n) is 4.00. The maximum Gasteiger partial charge on any atom is 0.119 e. The molecule has 0 amide bonds. The van der Waals surface area contributed by atoms with Gasteiger partial charge in [0, 0.05) is 7.11 Å². The van der Waals surface area contributed by atoms with Gasteiger partial charge < -0.3 is 9.47 Å². The van der Waals surface area contributed by atoms with Crippen molar-refractivity contribution in [1.82, 2.24) is 0 Å². The predicted octanol–water partition coefficient (Wildman–Crippen LogP) is 3.96. The van der Waals surface area contributed by atoms with Crippen LogP contribution >= 0.6 is 0 Å². The van der Waals surface area contributed by atoms with Crippen LogP contribution in [0, 0.1) is 0 Å². The molecule has 1 rings (SSSR count). The van der Waals surface area contributed by atoms with Crippen LogP contribution in [0.25, 0.3) is 0 Å². The second kappa shape index (κ2) is 7.29. The molecule has 0 aromatic heterocycles. The zero-order valence-electron chi connectivity index (χ0n) is 10.5. The first-order valence-electron chi connectivity index (χ1n) is 6.03. The Morgan fingerprint density at radius 1 is 1.12 bits per heavy atom. The third-order valence-corrected chi connectivity index (χ3v) is 2.72. The monoisotopic (exact) mass is 222 g/mol. The molecule has 0 heterocycles. The van der Waals surface area contributed by atoms with Gasteiger partial charge in [-0.25, -0.2) is 0 Å². The lowest BCUT2D eigenvalue weighted by molar-refractivity contribution is 0.119. The van der Waals surface area contributed by atoms with E-state index in [0.29, 0.717) is 0 Å². The summed E-state index contributed by atoms with van der Waals surface area (Å²) in [4.78, 5) is 0. The van der Waals surface area contributed by atoms with E-state index >= 15 is 0 Å². The Kier molecular flexibility index (Phi) is 5.94. The summed E-state index contributed by atoms with van der Waals surface area (Å²) in [5, 5.41) is 0. The highest BCUT2D eigenvalue weighted by atomic mass is 16.5. The number of methoxy groups -OCH3 is 1. The lowest BCUT2D eigenvalue weighted by atomic mass is 10.1. The van der Waals surface area contributed by atoms with E-state index in [-0.39, 0.29) is 6.10 Å². The summed E-state index contributed by atoms with van der Waals surface area (Å²) < 4.78 is 10.9. The zero-order chi connectivity index (χ0) is 11.8. The van der Waals surface area contributed by atoms with Crippen molar-refractivity contribution in [1.29, 1.82) is 0 Å². The van der Waals surface area contributed by atoms with E-state index in [9.17, 15) is 0 Å². The molecule has 0 saturated carbocycles. The topological polar surface area (TPSA) is 18.5 Å². The highest BCUT2D eigenvalue weighted by Gasteiger charge is 2.02. The Bertz CT molecular complexity index is 279. The lowest BCUT2D eigenvalue weighted by Crippen LogP contribution is -1.98. The van der Waals surface area contributed by atoms with Crippen LogP contribution in [0.3, 0.4) is 0 Å². The molecular formula is C14H22O2. The summed E-state index contributed by atoms with van der Waals surface area (Å²) in [5.41, 5.74) is 1.18. The molecule has 0 aliphatic rings. The predicted molar refractivity (Wildman–Crippen MR) is 66.9 cm³/mol. The maximum absolute atomic E-state index is 5.64. The first-order valence-corrected chi connectivity index (χ1v) is 6.03. The molecule has 0 aliphatic carbocycles. The van der Waals surface area contributed by atoms with Gasteiger partial charge in [-0.1, -0.05) is 31.9 Å². The summed E-state index contributed by atoms with van der Waals surface area (Å²) in [6.45, 7) is 5.05. The van der Waals surface area contributed by atoms with Gasteiger partial charge >= 0.3 is 0 Å². The first-order chi connectivity index (χ1) is 7.77. The largest absolute Gasteiger partial charge is 0.494 e. The van der Waals surface area contributed by atoms with E-state index in [0.717, 1.165) is 18.8 Å². The van der Waals surface area contributed by atoms with E-state index in [1.165, 1.54) is 18.4 Å². The van der Waals surface area contributed by atoms with Crippen molar-refractivity contribution in [2.24, 2.45) is 0 Å². The smallest absolute Gasteiger partial charge is 0.119 e. The summed E-state index contributed by atoms with van der Waals surface area (Å²) in [6, 6.07) is 8.14. The number of ether oxygens (including phenoxy) is 2. The third-order valence-electron chi connectivity index (χ3n) is 2.72. The molecule has 0 fully saturated rings. The zero-order valence-corrected chi connectivity index (χ0v) is 10.5. The average Bonchev–Trinajstić information content (AvgIpc) is 2.34. The van der Waals surface area contributed by atoms with Gasteiger partial charge in [0.2, 0.25) is 0 Å². The number of benzene rings is 1. The van der Waals surface area contributed by atoms with Gasteiger partial charge in [-0.15, -0.1) is 0 Å². The van der Waals surface area contributed by atoms with E-state index < -0.39 is 0 Å². The van der Waals surface area contributed by atoms with Crippen molar-refractivity contribution < 1.29 is 9.47 Å². The number of hydrogen-bond donors (Lipinski definition) is 0. The SMILES string of the molecule is CCCCCOc1ccc(C(C)OC)cc1. The van der Waals surface area contributed by atoms with Gasteiger partial charge in [0.25, 0.3) is 0 Å². The molecule has 16 heavy (non-hydrogen) atoms. The first kappa shape index (κ1) is 13.0. The Morgan fingerprint density at radius 3 is 2.38 bits per heavy atom. The van der Waals surface area contributed by atoms with Crippen LogP contribution in [0.1, 0.15) is 44.8 Å². The fourth-order valence-electron chi connectivity index (χ4n) is 1.51. The van der Waals surface area contributed by atoms with E-state index in [4.69, 9.17) is 9.47 Å². The Morgan fingerprint density at radius 2 is 1.81 bits per heavy atom. The molecule has 1 atom stereocenters. The van der Waals surface area contributed by atoms with Crippen LogP contribution in [0.5, 0.6) is 5.75 Å². The molecule has 0 aliphatic heterocycles. The highest BCUT2D eigenvalue weighted by Crippen LogP contribution is 2.19. The third kappa shape index (κ3) is 4.23. The number of unbranched alkanes of at least 4 members (excludes halogenated alkanes) is 2. The van der Waals surface area contributed by atoms with Crippen LogP contribution in [-0.2, 0) is 4.74 Å². The lowest BCUT2D eigenvalue weighted by Gasteiger charge is -2.11. The Labute approximate surface area is 98.6 Å². The van der Waals surface area contributed by atoms with Gasteiger partial charge in [0.15, 0.2) is 0 Å². The number of hydrogen-bond acceptors (Lipinski definition) is 2. The van der Waals surface area contributed by atoms with Crippen LogP contribution in [0.4, 0.5) is 0 Å². The summed E-state index contributed by atoms with van der Waals surface area (Å²) in [6.07, 6.45) is 3.74. The fourth-order valence-corrected chi connectivity index (χ4v) is 1.51. The normalized spacial score (nSPS) is 12.4. The van der Waals surface area contributed by atoms with Crippen molar-refractivity contribution in [3.8, 4) is 5.75 Å². The fraction of sp³-hybridized carbons (Fsp3) is 0.571. The molecule has 0 radical (unpaired) electrons. The van der Waals surface area contributed by atoms with E-state index in [1.807, 2.05) is 19.1 Å². The van der Waals surface area contributed by atoms with Crippen molar-refractivity contribution in [2.75, 3.05) is 13.7 Å². The molecule has 0 saturated heterocycles. The summed E-state index contributed by atoms with van der Waals surface area (Å²) in [7, 11) is 1.72. The summed E-state index contributed by atoms with van der Waals surface area (Å²) >= 11 is 0. The van der Waals surface area contributed by atoms with Crippen LogP contribution in [-0.4, -0.2) is 13.7 Å². The van der Waals surface area contributed by atoms with Crippen molar-refractivity contribution in [3.05, 3.63) is 29.8 Å². The minimum absolute atomic E-state index is 0.147. The molecule has 1 unspecified atom stereocenters. The van der Waals surface area contributed by atoms with E-state index in [2.05, 4.69) is 19.1 Å². The van der Waals surface area contributed by atoms with E-state index in [1.54, 1.807) is 7.11 Å². The van der Waals surface area contributed by atoms with Crippen molar-refractivity contribution >= 4 is 0 Å². The molecule has 0 N–H and O–H groups in total. The average molecular weight is 222 g/mol. The molecule has 2 heteroatoms. The van der Waals surface area contributed by atoms with Crippen LogP contribution in [0.15, 0.2) is 24.3 Å². The molecule has 2 nitrogen and oxygen atoms in total. The Balaban J connectivity index is 2.39. The van der Waals surface area contributed by atoms with Crippen molar-refractivity contribution in [2.45, 2.75) is 39.2 Å². The van der Waals surface area contributed by atoms with Crippen molar-refractivity contribution in [3.63, 3.8) is 0 Å². The van der Waals surface area contributed by atoms with Gasteiger partial charge in [0.1, 0.15) is 5.75 Å². The van der Waals surface area contributed by atoms with Gasteiger partial charge in [0.05, 0.1) is 12.7 Å². The second-order valence-corrected chi connectivity index (χ2v) is 4.00. The number of rotatable bonds is 7.